The quantitative estimate of drug-likeness (QED) is 0.0191. The maximum atomic E-state index is 14.5. The average Bonchev–Trinajstić information content (AvgIpc) is 1.64. The highest BCUT2D eigenvalue weighted by atomic mass is 35.5. The number of fused-ring (bicyclic) bond motifs is 1. The third kappa shape index (κ3) is 18.4. The molecule has 21 nitrogen and oxygen atoms in total. The number of hydrogen-bond donors (Lipinski definition) is 4. The van der Waals surface area contributed by atoms with Crippen LogP contribution in [0.4, 0.5) is 30.2 Å². The third-order valence-corrected chi connectivity index (χ3v) is 22.1. The molecule has 0 aromatic heterocycles. The Hall–Kier alpha value is -6.92. The zero-order valence-electron chi connectivity index (χ0n) is 53.7. The van der Waals surface area contributed by atoms with Crippen LogP contribution in [0.5, 0.6) is 0 Å². The van der Waals surface area contributed by atoms with Crippen molar-refractivity contribution >= 4 is 95.4 Å². The van der Waals surface area contributed by atoms with Gasteiger partial charge in [0.2, 0.25) is 11.8 Å². The number of hydrogen-bond acceptors (Lipinski definition) is 19. The van der Waals surface area contributed by atoms with Gasteiger partial charge in [0.05, 0.1) is 61.4 Å². The molecular weight excluding hydrogens is 1320 g/mol. The number of sulfonamides is 1. The Morgan fingerprint density at radius 2 is 1.39 bits per heavy atom. The number of amides is 5. The van der Waals surface area contributed by atoms with Gasteiger partial charge in [0.1, 0.15) is 10.9 Å². The zero-order valence-corrected chi connectivity index (χ0v) is 56.9. The maximum absolute atomic E-state index is 14.5. The molecule has 4 aliphatic heterocycles. The smallest absolute Gasteiger partial charge is 0.382 e. The lowest BCUT2D eigenvalue weighted by molar-refractivity contribution is -0.136. The van der Waals surface area contributed by atoms with Gasteiger partial charge in [0.15, 0.2) is 0 Å². The van der Waals surface area contributed by atoms with Crippen LogP contribution >= 0.6 is 23.4 Å². The average molecular weight is 1410 g/mol. The van der Waals surface area contributed by atoms with Crippen LogP contribution in [-0.4, -0.2) is 207 Å². The molecule has 516 valence electrons. The predicted octanol–water partition coefficient (Wildman–Crippen LogP) is 8.68. The predicted molar refractivity (Wildman–Crippen MR) is 362 cm³/mol. The van der Waals surface area contributed by atoms with Crippen molar-refractivity contribution in [3.63, 3.8) is 0 Å². The van der Waals surface area contributed by atoms with Crippen molar-refractivity contribution in [2.75, 3.05) is 139 Å². The van der Waals surface area contributed by atoms with Crippen molar-refractivity contribution in [2.24, 2.45) is 5.41 Å². The van der Waals surface area contributed by atoms with Crippen molar-refractivity contribution in [3.05, 3.63) is 148 Å². The molecule has 5 amide bonds. The van der Waals surface area contributed by atoms with E-state index in [0.717, 1.165) is 79.6 Å². The summed E-state index contributed by atoms with van der Waals surface area (Å²) in [5.74, 6) is -3.04. The van der Waals surface area contributed by atoms with Gasteiger partial charge in [-0.25, -0.2) is 21.6 Å². The summed E-state index contributed by atoms with van der Waals surface area (Å²) in [5, 5.41) is 9.07. The lowest BCUT2D eigenvalue weighted by Gasteiger charge is -2.39. The summed E-state index contributed by atoms with van der Waals surface area (Å²) in [6.45, 7) is 14.9. The van der Waals surface area contributed by atoms with Crippen molar-refractivity contribution < 1.29 is 68.2 Å². The van der Waals surface area contributed by atoms with Crippen molar-refractivity contribution in [1.82, 2.24) is 29.6 Å². The Morgan fingerprint density at radius 3 is 2.06 bits per heavy atom. The normalized spacial score (nSPS) is 18.8. The molecule has 4 heterocycles. The van der Waals surface area contributed by atoms with E-state index in [-0.39, 0.29) is 41.6 Å². The molecule has 2 atom stereocenters. The summed E-state index contributed by atoms with van der Waals surface area (Å²) in [5.41, 5.74) is -0.434. The number of nitrogens with one attached hydrogen (secondary N) is 4. The third-order valence-electron chi connectivity index (χ3n) is 17.9. The fourth-order valence-corrected chi connectivity index (χ4v) is 15.7. The van der Waals surface area contributed by atoms with Crippen LogP contribution in [0.2, 0.25) is 5.02 Å². The van der Waals surface area contributed by atoms with E-state index >= 15 is 0 Å². The number of sulfone groups is 1. The summed E-state index contributed by atoms with van der Waals surface area (Å²) < 4.78 is 117. The number of carbonyl (C=O) groups is 5. The molecular formula is C68H81ClF3N9O12S3. The van der Waals surface area contributed by atoms with E-state index in [1.54, 1.807) is 24.3 Å². The topological polar surface area (TPSA) is 246 Å². The fourth-order valence-electron chi connectivity index (χ4n) is 12.6. The number of alkyl halides is 3. The number of imide groups is 2. The number of carbonyl (C=O) groups excluding carboxylic acids is 5. The highest BCUT2D eigenvalue weighted by molar-refractivity contribution is 7.99. The Bertz CT molecular complexity index is 3860. The maximum Gasteiger partial charge on any atom is 0.501 e. The fraction of sp³-hybridized carbons (Fsp3) is 0.456. The van der Waals surface area contributed by atoms with E-state index < -0.39 is 82.5 Å². The lowest BCUT2D eigenvalue weighted by Crippen LogP contribution is -2.54. The first-order valence-corrected chi connectivity index (χ1v) is 36.5. The van der Waals surface area contributed by atoms with Crippen LogP contribution in [0.3, 0.4) is 0 Å². The second-order valence-electron chi connectivity index (χ2n) is 25.2. The number of thioether (sulfide) groups is 1. The molecule has 3 saturated heterocycles. The number of anilines is 3. The minimum atomic E-state index is -6.14. The molecule has 0 radical (unpaired) electrons. The van der Waals surface area contributed by atoms with Crippen LogP contribution < -0.4 is 25.6 Å². The number of piperidine rings is 1. The van der Waals surface area contributed by atoms with E-state index in [2.05, 4.69) is 61.5 Å². The molecule has 1 aliphatic carbocycles. The van der Waals surface area contributed by atoms with Gasteiger partial charge in [-0.2, -0.15) is 13.2 Å². The van der Waals surface area contributed by atoms with E-state index in [4.69, 9.17) is 25.8 Å². The van der Waals surface area contributed by atoms with Gasteiger partial charge in [0.25, 0.3) is 37.6 Å². The molecule has 5 aromatic rings. The number of benzene rings is 5. The van der Waals surface area contributed by atoms with Gasteiger partial charge in [0, 0.05) is 124 Å². The van der Waals surface area contributed by atoms with Crippen LogP contribution in [0.15, 0.2) is 136 Å². The zero-order chi connectivity index (χ0) is 68.2. The minimum absolute atomic E-state index is 0.0257. The van der Waals surface area contributed by atoms with Crippen LogP contribution in [0.25, 0.3) is 5.57 Å². The first-order valence-electron chi connectivity index (χ1n) is 32.2. The lowest BCUT2D eigenvalue weighted by atomic mass is 9.73. The van der Waals surface area contributed by atoms with Crippen LogP contribution in [0, 0.1) is 5.41 Å². The molecule has 28 heteroatoms. The molecule has 1 unspecified atom stereocenters. The van der Waals surface area contributed by atoms with Gasteiger partial charge in [-0.05, 0) is 128 Å². The number of allylic oxidation sites excluding steroid dienone is 1. The second-order valence-corrected chi connectivity index (χ2v) is 30.3. The standard InChI is InChI=1S/C68H81ClF3N9O12S3/c1-67(2)25-23-55(47-11-15-50(69)16-12-47)49(44-67)45-79-32-34-80(35-33-79)52-17-13-48(14-18-52)63(83)76-96(89,90)54-19-20-57(60(43-54)95(87,88)68(70,71)72)74-51(46-94-53-7-4-3-5-8-53)24-27-77-28-30-78(31-29-77)36-38-92-40-42-93-41-39-91-37-26-73-58-10-6-9-56-62(58)66(86)81(65(56)85)59-21-22-61(82)75-64(59)84/h3-20,43,51,59,73-74H,21-42,44-46H2,1-2H3,(H,76,83)(H,75,82,84)/t51-,59?/m1/s1. The van der Waals surface area contributed by atoms with Crippen molar-refractivity contribution in [2.45, 2.75) is 84.7 Å². The minimum Gasteiger partial charge on any atom is -0.382 e. The molecule has 5 aliphatic rings. The second kappa shape index (κ2) is 32.2. The van der Waals surface area contributed by atoms with E-state index in [0.29, 0.717) is 108 Å². The van der Waals surface area contributed by atoms with Gasteiger partial charge in [-0.1, -0.05) is 67.4 Å². The van der Waals surface area contributed by atoms with E-state index in [1.807, 2.05) is 47.2 Å². The molecule has 3 fully saturated rings. The van der Waals surface area contributed by atoms with Gasteiger partial charge >= 0.3 is 5.51 Å². The van der Waals surface area contributed by atoms with Gasteiger partial charge in [-0.3, -0.25) is 44.0 Å². The van der Waals surface area contributed by atoms with Crippen molar-refractivity contribution in [1.29, 1.82) is 0 Å². The molecule has 96 heavy (non-hydrogen) atoms. The SMILES string of the molecule is CC1(C)CCC(c2ccc(Cl)cc2)=C(CN2CCN(c3ccc(C(=O)NS(=O)(=O)c4ccc(N[C@H](CCN5CCN(CCOCCOCCOCCNc6cccc7c6C(=O)N(C6CCC(=O)NC6=O)C7=O)CC5)CSc5ccccc5)c(S(=O)(=O)C(F)(F)F)c4)cc3)CC2)C1. The summed E-state index contributed by atoms with van der Waals surface area (Å²) in [6.07, 6.45) is 3.58. The van der Waals surface area contributed by atoms with E-state index in [9.17, 15) is 54.0 Å². The van der Waals surface area contributed by atoms with E-state index in [1.165, 1.54) is 46.7 Å². The summed E-state index contributed by atoms with van der Waals surface area (Å²) >= 11 is 7.65. The number of piperazine rings is 2. The number of rotatable bonds is 30. The monoisotopic (exact) mass is 1400 g/mol. The summed E-state index contributed by atoms with van der Waals surface area (Å²) in [7, 11) is -11.0. The number of ether oxygens (including phenoxy) is 3. The Kier molecular flexibility index (Phi) is 24.1. The first kappa shape index (κ1) is 71.8. The highest BCUT2D eigenvalue weighted by Crippen LogP contribution is 2.43. The molecule has 10 rings (SSSR count). The van der Waals surface area contributed by atoms with Gasteiger partial charge < -0.3 is 34.6 Å². The summed E-state index contributed by atoms with van der Waals surface area (Å²) in [4.78, 5) is 72.9. The summed E-state index contributed by atoms with van der Waals surface area (Å²) in [6, 6.07) is 29.4. The van der Waals surface area contributed by atoms with Gasteiger partial charge in [-0.15, -0.1) is 11.8 Å². The Labute approximate surface area is 567 Å². The van der Waals surface area contributed by atoms with Crippen LogP contribution in [-0.2, 0) is 43.7 Å². The number of nitrogens with zero attached hydrogens (tertiary/aromatic N) is 5. The van der Waals surface area contributed by atoms with Crippen molar-refractivity contribution in [3.8, 4) is 0 Å². The number of halogens is 4. The molecule has 5 aromatic carbocycles. The Morgan fingerprint density at radius 1 is 0.729 bits per heavy atom. The largest absolute Gasteiger partial charge is 0.501 e. The molecule has 0 bridgehead atoms. The Balaban J connectivity index is 0.658. The first-order chi connectivity index (χ1) is 45.9. The highest BCUT2D eigenvalue weighted by Gasteiger charge is 2.49. The molecule has 4 N–H and O–H groups in total. The molecule has 0 spiro atoms. The molecule has 0 saturated carbocycles. The van der Waals surface area contributed by atoms with Crippen LogP contribution in [0.1, 0.15) is 89.0 Å².